The van der Waals surface area contributed by atoms with Crippen molar-refractivity contribution in [3.8, 4) is 0 Å². The molecule has 1 saturated carbocycles. The molecule has 1 saturated heterocycles. The zero-order chi connectivity index (χ0) is 18.9. The molecule has 148 valence electrons. The van der Waals surface area contributed by atoms with Gasteiger partial charge in [0.25, 0.3) is 0 Å². The third-order valence-corrected chi connectivity index (χ3v) is 14.4. The lowest BCUT2D eigenvalue weighted by Gasteiger charge is -2.42. The first-order chi connectivity index (χ1) is 11.4. The lowest BCUT2D eigenvalue weighted by Crippen LogP contribution is -2.48. The molecule has 2 rings (SSSR count). The Labute approximate surface area is 160 Å². The van der Waals surface area contributed by atoms with Crippen molar-refractivity contribution in [1.82, 2.24) is 0 Å². The molecule has 0 radical (unpaired) electrons. The zero-order valence-electron chi connectivity index (χ0n) is 16.2. The van der Waals surface area contributed by atoms with Crippen LogP contribution in [0.4, 0.5) is 13.2 Å². The van der Waals surface area contributed by atoms with Crippen LogP contribution in [0.3, 0.4) is 0 Å². The molecule has 7 heteroatoms. The van der Waals surface area contributed by atoms with Gasteiger partial charge < -0.3 is 4.43 Å². The Morgan fingerprint density at radius 2 is 1.72 bits per heavy atom. The van der Waals surface area contributed by atoms with Gasteiger partial charge in [-0.05, 0) is 49.7 Å². The van der Waals surface area contributed by atoms with Crippen molar-refractivity contribution in [3.05, 3.63) is 0 Å². The molecule has 1 aliphatic heterocycles. The van der Waals surface area contributed by atoms with E-state index in [1.54, 1.807) is 0 Å². The van der Waals surface area contributed by atoms with Crippen molar-refractivity contribution in [2.45, 2.75) is 93.8 Å². The minimum Gasteiger partial charge on any atom is -0.405 e. The number of halogens is 3. The second-order valence-electron chi connectivity index (χ2n) is 8.94. The maximum Gasteiger partial charge on any atom is 0.413 e. The Hall–Kier alpha value is 0.667. The summed E-state index contributed by atoms with van der Waals surface area (Å²) in [5.41, 5.74) is 0. The molecule has 0 aromatic rings. The second kappa shape index (κ2) is 7.96. The Morgan fingerprint density at radius 1 is 1.12 bits per heavy atom. The first-order valence-electron chi connectivity index (χ1n) is 9.40. The van der Waals surface area contributed by atoms with E-state index >= 15 is 0 Å². The first-order valence-corrected chi connectivity index (χ1v) is 14.3. The smallest absolute Gasteiger partial charge is 0.405 e. The lowest BCUT2D eigenvalue weighted by atomic mass is 9.84. The average molecular weight is 415 g/mol. The van der Waals surface area contributed by atoms with Crippen molar-refractivity contribution in [2.75, 3.05) is 11.5 Å². The van der Waals surface area contributed by atoms with Crippen molar-refractivity contribution < 1.29 is 17.6 Å². The van der Waals surface area contributed by atoms with E-state index in [-0.39, 0.29) is 15.5 Å². The molecule has 0 aromatic carbocycles. The van der Waals surface area contributed by atoms with Crippen LogP contribution in [-0.2, 0) is 4.43 Å². The number of alkyl halides is 3. The molecule has 1 spiro atoms. The van der Waals surface area contributed by atoms with Crippen LogP contribution < -0.4 is 0 Å². The number of hydrogen-bond donors (Lipinski definition) is 0. The molecule has 2 atom stereocenters. The minimum atomic E-state index is -4.27. The summed E-state index contributed by atoms with van der Waals surface area (Å²) in [6.45, 7) is 9.81. The van der Waals surface area contributed by atoms with Gasteiger partial charge in [-0.25, -0.2) is 0 Å². The summed E-state index contributed by atoms with van der Waals surface area (Å²) in [7, 11) is -2.43. The van der Waals surface area contributed by atoms with E-state index in [1.165, 1.54) is 6.42 Å². The molecule has 1 aliphatic carbocycles. The van der Waals surface area contributed by atoms with Gasteiger partial charge in [-0.3, -0.25) is 0 Å². The molecule has 0 N–H and O–H groups in total. The minimum absolute atomic E-state index is 0.115. The van der Waals surface area contributed by atoms with Gasteiger partial charge in [-0.15, -0.1) is 23.5 Å². The van der Waals surface area contributed by atoms with Crippen molar-refractivity contribution in [2.24, 2.45) is 5.92 Å². The predicted molar refractivity (Wildman–Crippen MR) is 107 cm³/mol. The fraction of sp³-hybridized carbons (Fsp3) is 1.00. The third-order valence-electron chi connectivity index (χ3n) is 6.11. The monoisotopic (exact) mass is 414 g/mol. The summed E-state index contributed by atoms with van der Waals surface area (Å²) < 4.78 is 46.9. The van der Waals surface area contributed by atoms with Crippen LogP contribution >= 0.6 is 23.5 Å². The van der Waals surface area contributed by atoms with Gasteiger partial charge >= 0.3 is 6.18 Å². The summed E-state index contributed by atoms with van der Waals surface area (Å²) in [5.74, 6) is 2.68. The Morgan fingerprint density at radius 3 is 2.24 bits per heavy atom. The molecule has 0 amide bonds. The molecule has 25 heavy (non-hydrogen) atoms. The summed E-state index contributed by atoms with van der Waals surface area (Å²) in [4.78, 5) is 0. The van der Waals surface area contributed by atoms with Gasteiger partial charge in [-0.1, -0.05) is 33.6 Å². The number of rotatable bonds is 5. The topological polar surface area (TPSA) is 9.23 Å². The van der Waals surface area contributed by atoms with E-state index in [2.05, 4.69) is 0 Å². The SMILES string of the molecule is CC(C)(C)[Si](C)(C)OC(CCC1CCCCC12SCCS2)C(F)(F)F. The normalized spacial score (nSPS) is 26.2. The van der Waals surface area contributed by atoms with Gasteiger partial charge in [0.1, 0.15) is 6.10 Å². The van der Waals surface area contributed by atoms with Crippen LogP contribution in [0.15, 0.2) is 0 Å². The summed E-state index contributed by atoms with van der Waals surface area (Å²) >= 11 is 4.00. The Balaban J connectivity index is 2.05. The standard InChI is InChI=1S/C18H33F3OS2Si/c1-16(2,3)25(4,5)22-15(18(19,20)21)10-9-14-8-6-7-11-17(14)23-12-13-24-17/h14-15H,6-13H2,1-5H3. The van der Waals surface area contributed by atoms with E-state index in [0.717, 1.165) is 30.8 Å². The van der Waals surface area contributed by atoms with Gasteiger partial charge in [-0.2, -0.15) is 13.2 Å². The van der Waals surface area contributed by atoms with Crippen LogP contribution in [0.1, 0.15) is 59.3 Å². The molecule has 2 fully saturated rings. The van der Waals surface area contributed by atoms with E-state index in [4.69, 9.17) is 4.43 Å². The van der Waals surface area contributed by atoms with Gasteiger partial charge in [0, 0.05) is 11.5 Å². The highest BCUT2D eigenvalue weighted by Gasteiger charge is 2.49. The summed E-state index contributed by atoms with van der Waals surface area (Å²) in [6, 6.07) is 0. The van der Waals surface area contributed by atoms with Gasteiger partial charge in [0.05, 0.1) is 4.08 Å². The Kier molecular flexibility index (Phi) is 6.99. The molecule has 0 bridgehead atoms. The largest absolute Gasteiger partial charge is 0.413 e. The fourth-order valence-corrected chi connectivity index (χ4v) is 8.60. The van der Waals surface area contributed by atoms with E-state index in [9.17, 15) is 13.2 Å². The highest BCUT2D eigenvalue weighted by Crippen LogP contribution is 2.57. The van der Waals surface area contributed by atoms with Crippen LogP contribution in [0.25, 0.3) is 0 Å². The summed E-state index contributed by atoms with van der Waals surface area (Å²) in [6.07, 6.45) is -0.510. The lowest BCUT2D eigenvalue weighted by molar-refractivity contribution is -0.201. The molecule has 1 heterocycles. The van der Waals surface area contributed by atoms with E-state index in [0.29, 0.717) is 12.3 Å². The Bertz CT molecular complexity index is 443. The zero-order valence-corrected chi connectivity index (χ0v) is 18.8. The van der Waals surface area contributed by atoms with Crippen molar-refractivity contribution in [1.29, 1.82) is 0 Å². The van der Waals surface area contributed by atoms with Crippen molar-refractivity contribution >= 4 is 31.8 Å². The molecule has 1 nitrogen and oxygen atoms in total. The fourth-order valence-electron chi connectivity index (χ4n) is 3.58. The third kappa shape index (κ3) is 5.35. The number of thioether (sulfide) groups is 2. The molecular formula is C18H33F3OS2Si. The quantitative estimate of drug-likeness (QED) is 0.445. The second-order valence-corrected chi connectivity index (χ2v) is 16.8. The highest BCUT2D eigenvalue weighted by atomic mass is 32.2. The van der Waals surface area contributed by atoms with Crippen LogP contribution in [0.5, 0.6) is 0 Å². The van der Waals surface area contributed by atoms with Crippen LogP contribution in [0.2, 0.25) is 18.1 Å². The highest BCUT2D eigenvalue weighted by molar-refractivity contribution is 8.21. The van der Waals surface area contributed by atoms with Gasteiger partial charge in [0.15, 0.2) is 8.32 Å². The maximum atomic E-state index is 13.6. The first kappa shape index (κ1) is 22.0. The van der Waals surface area contributed by atoms with E-state index in [1.807, 2.05) is 57.4 Å². The van der Waals surface area contributed by atoms with Crippen molar-refractivity contribution in [3.63, 3.8) is 0 Å². The van der Waals surface area contributed by atoms with Crippen LogP contribution in [0, 0.1) is 5.92 Å². The van der Waals surface area contributed by atoms with E-state index < -0.39 is 20.6 Å². The maximum absolute atomic E-state index is 13.6. The molecule has 2 aliphatic rings. The molecule has 0 aromatic heterocycles. The van der Waals surface area contributed by atoms with Gasteiger partial charge in [0.2, 0.25) is 0 Å². The predicted octanol–water partition coefficient (Wildman–Crippen LogP) is 7.09. The average Bonchev–Trinajstić information content (AvgIpc) is 2.91. The molecule has 2 unspecified atom stereocenters. The van der Waals surface area contributed by atoms with Crippen LogP contribution in [-0.4, -0.2) is 36.2 Å². The summed E-state index contributed by atoms with van der Waals surface area (Å²) in [5, 5.41) is -0.209. The molecular weight excluding hydrogens is 381 g/mol. The number of hydrogen-bond acceptors (Lipinski definition) is 3.